The third-order valence-corrected chi connectivity index (χ3v) is 5.63. The van der Waals surface area contributed by atoms with Gasteiger partial charge in [0.2, 0.25) is 0 Å². The SMILES string of the molecule is Cc1sc(Br)cc1C(N)C1CCCC1(C)C. The first-order valence-corrected chi connectivity index (χ1v) is 7.54. The van der Waals surface area contributed by atoms with E-state index in [1.807, 2.05) is 0 Å². The van der Waals surface area contributed by atoms with E-state index in [2.05, 4.69) is 42.8 Å². The summed E-state index contributed by atoms with van der Waals surface area (Å²) in [7, 11) is 0. The van der Waals surface area contributed by atoms with E-state index in [9.17, 15) is 0 Å². The summed E-state index contributed by atoms with van der Waals surface area (Å²) in [6, 6.07) is 2.42. The number of rotatable bonds is 2. The fourth-order valence-corrected chi connectivity index (χ4v) is 4.79. The van der Waals surface area contributed by atoms with Crippen LogP contribution in [-0.4, -0.2) is 0 Å². The molecule has 1 aromatic heterocycles. The zero-order valence-corrected chi connectivity index (χ0v) is 12.6. The van der Waals surface area contributed by atoms with Crippen LogP contribution in [0.5, 0.6) is 0 Å². The Labute approximate surface area is 111 Å². The van der Waals surface area contributed by atoms with E-state index in [-0.39, 0.29) is 6.04 Å². The van der Waals surface area contributed by atoms with Gasteiger partial charge < -0.3 is 5.73 Å². The summed E-state index contributed by atoms with van der Waals surface area (Å²) in [6.07, 6.45) is 3.92. The number of hydrogen-bond acceptors (Lipinski definition) is 2. The van der Waals surface area contributed by atoms with Crippen molar-refractivity contribution >= 4 is 27.3 Å². The van der Waals surface area contributed by atoms with Crippen molar-refractivity contribution in [2.45, 2.75) is 46.1 Å². The van der Waals surface area contributed by atoms with Crippen LogP contribution in [0.4, 0.5) is 0 Å². The van der Waals surface area contributed by atoms with Crippen LogP contribution in [0, 0.1) is 18.3 Å². The summed E-state index contributed by atoms with van der Waals surface area (Å²) in [5, 5.41) is 0. The van der Waals surface area contributed by atoms with Crippen molar-refractivity contribution in [2.24, 2.45) is 17.1 Å². The maximum absolute atomic E-state index is 6.48. The fraction of sp³-hybridized carbons (Fsp3) is 0.692. The molecule has 0 saturated heterocycles. The molecular formula is C13H20BrNS. The Bertz CT molecular complexity index is 383. The molecule has 1 nitrogen and oxygen atoms in total. The highest BCUT2D eigenvalue weighted by molar-refractivity contribution is 9.11. The second kappa shape index (κ2) is 4.43. The lowest BCUT2D eigenvalue weighted by molar-refractivity contribution is 0.222. The lowest BCUT2D eigenvalue weighted by atomic mass is 9.76. The predicted molar refractivity (Wildman–Crippen MR) is 74.8 cm³/mol. The molecule has 1 aliphatic rings. The Morgan fingerprint density at radius 3 is 2.69 bits per heavy atom. The maximum Gasteiger partial charge on any atom is 0.0704 e. The van der Waals surface area contributed by atoms with Crippen LogP contribution < -0.4 is 5.73 Å². The van der Waals surface area contributed by atoms with Crippen molar-refractivity contribution in [1.82, 2.24) is 0 Å². The second-order valence-electron chi connectivity index (χ2n) is 5.58. The molecule has 2 rings (SSSR count). The van der Waals surface area contributed by atoms with Gasteiger partial charge in [0.15, 0.2) is 0 Å². The van der Waals surface area contributed by atoms with Gasteiger partial charge in [-0.2, -0.15) is 0 Å². The molecule has 3 heteroatoms. The Hall–Kier alpha value is 0.140. The summed E-state index contributed by atoms with van der Waals surface area (Å²) in [6.45, 7) is 6.90. The first-order valence-electron chi connectivity index (χ1n) is 5.93. The number of halogens is 1. The third-order valence-electron chi connectivity index (χ3n) is 4.06. The highest BCUT2D eigenvalue weighted by Crippen LogP contribution is 2.49. The van der Waals surface area contributed by atoms with Gasteiger partial charge in [0.25, 0.3) is 0 Å². The minimum atomic E-state index is 0.208. The Balaban J connectivity index is 2.25. The summed E-state index contributed by atoms with van der Waals surface area (Å²) in [4.78, 5) is 1.36. The van der Waals surface area contributed by atoms with Crippen LogP contribution >= 0.6 is 27.3 Å². The summed E-state index contributed by atoms with van der Waals surface area (Å²) in [5.74, 6) is 0.632. The molecule has 0 aliphatic heterocycles. The Kier molecular flexibility index (Phi) is 3.49. The van der Waals surface area contributed by atoms with E-state index >= 15 is 0 Å². The van der Waals surface area contributed by atoms with Gasteiger partial charge in [-0.05, 0) is 58.7 Å². The molecule has 0 spiro atoms. The van der Waals surface area contributed by atoms with Gasteiger partial charge in [-0.1, -0.05) is 20.3 Å². The minimum absolute atomic E-state index is 0.208. The third kappa shape index (κ3) is 2.22. The van der Waals surface area contributed by atoms with Crippen molar-refractivity contribution < 1.29 is 0 Å². The highest BCUT2D eigenvalue weighted by Gasteiger charge is 2.39. The van der Waals surface area contributed by atoms with Crippen molar-refractivity contribution in [3.05, 3.63) is 20.3 Å². The standard InChI is InChI=1S/C13H20BrNS/c1-8-9(7-11(14)16-8)12(15)10-5-4-6-13(10,2)3/h7,10,12H,4-6,15H2,1-3H3. The van der Waals surface area contributed by atoms with Crippen molar-refractivity contribution in [3.63, 3.8) is 0 Å². The van der Waals surface area contributed by atoms with E-state index in [0.717, 1.165) is 0 Å². The van der Waals surface area contributed by atoms with Crippen molar-refractivity contribution in [2.75, 3.05) is 0 Å². The highest BCUT2D eigenvalue weighted by atomic mass is 79.9. The fourth-order valence-electron chi connectivity index (χ4n) is 3.03. The van der Waals surface area contributed by atoms with Crippen molar-refractivity contribution in [3.8, 4) is 0 Å². The average molecular weight is 302 g/mol. The van der Waals surface area contributed by atoms with E-state index in [0.29, 0.717) is 11.3 Å². The number of aryl methyl sites for hydroxylation is 1. The molecule has 2 unspecified atom stereocenters. The maximum atomic E-state index is 6.48. The molecule has 1 saturated carbocycles. The first kappa shape index (κ1) is 12.6. The van der Waals surface area contributed by atoms with E-state index in [1.165, 1.54) is 33.5 Å². The number of thiophene rings is 1. The van der Waals surface area contributed by atoms with Gasteiger partial charge in [0.1, 0.15) is 0 Å². The molecule has 0 bridgehead atoms. The topological polar surface area (TPSA) is 26.0 Å². The Morgan fingerprint density at radius 1 is 1.56 bits per heavy atom. The lowest BCUT2D eigenvalue weighted by Crippen LogP contribution is -2.29. The van der Waals surface area contributed by atoms with Gasteiger partial charge in [0.05, 0.1) is 3.79 Å². The van der Waals surface area contributed by atoms with Crippen LogP contribution in [0.15, 0.2) is 9.85 Å². The summed E-state index contributed by atoms with van der Waals surface area (Å²) >= 11 is 5.34. The summed E-state index contributed by atoms with van der Waals surface area (Å²) in [5.41, 5.74) is 8.22. The van der Waals surface area contributed by atoms with Gasteiger partial charge in [-0.3, -0.25) is 0 Å². The van der Waals surface area contributed by atoms with Crippen LogP contribution in [0.2, 0.25) is 0 Å². The van der Waals surface area contributed by atoms with Crippen molar-refractivity contribution in [1.29, 1.82) is 0 Å². The van der Waals surface area contributed by atoms with Crippen LogP contribution in [-0.2, 0) is 0 Å². The molecule has 0 aromatic carbocycles. The molecular weight excluding hydrogens is 282 g/mol. The largest absolute Gasteiger partial charge is 0.324 e. The second-order valence-corrected chi connectivity index (χ2v) is 8.21. The smallest absolute Gasteiger partial charge is 0.0704 e. The Morgan fingerprint density at radius 2 is 2.25 bits per heavy atom. The normalized spacial score (nSPS) is 25.9. The zero-order valence-electron chi connectivity index (χ0n) is 10.2. The van der Waals surface area contributed by atoms with Crippen LogP contribution in [0.25, 0.3) is 0 Å². The monoisotopic (exact) mass is 301 g/mol. The van der Waals surface area contributed by atoms with Gasteiger partial charge >= 0.3 is 0 Å². The molecule has 1 aromatic rings. The molecule has 1 heterocycles. The van der Waals surface area contributed by atoms with E-state index in [4.69, 9.17) is 5.73 Å². The average Bonchev–Trinajstić information content (AvgIpc) is 2.68. The first-order chi connectivity index (χ1) is 7.42. The molecule has 1 aliphatic carbocycles. The molecule has 90 valence electrons. The zero-order chi connectivity index (χ0) is 11.9. The summed E-state index contributed by atoms with van der Waals surface area (Å²) < 4.78 is 1.20. The lowest BCUT2D eigenvalue weighted by Gasteiger charge is -2.32. The molecule has 0 amide bonds. The van der Waals surface area contributed by atoms with E-state index in [1.54, 1.807) is 11.3 Å². The van der Waals surface area contributed by atoms with Crippen LogP contribution in [0.3, 0.4) is 0 Å². The number of nitrogens with two attached hydrogens (primary N) is 1. The number of hydrogen-bond donors (Lipinski definition) is 1. The molecule has 2 N–H and O–H groups in total. The van der Waals surface area contributed by atoms with Gasteiger partial charge in [-0.25, -0.2) is 0 Å². The van der Waals surface area contributed by atoms with Gasteiger partial charge in [-0.15, -0.1) is 11.3 Å². The molecule has 0 radical (unpaired) electrons. The predicted octanol–water partition coefficient (Wildman–Crippen LogP) is 4.65. The molecule has 1 fully saturated rings. The van der Waals surface area contributed by atoms with Gasteiger partial charge in [0, 0.05) is 10.9 Å². The molecule has 16 heavy (non-hydrogen) atoms. The molecule has 2 atom stereocenters. The van der Waals surface area contributed by atoms with Crippen LogP contribution in [0.1, 0.15) is 49.6 Å². The van der Waals surface area contributed by atoms with E-state index < -0.39 is 0 Å². The minimum Gasteiger partial charge on any atom is -0.324 e. The quantitative estimate of drug-likeness (QED) is 0.846.